The average molecular weight is 759 g/mol. The second kappa shape index (κ2) is 30.1. The predicted octanol–water partition coefficient (Wildman–Crippen LogP) is 9.18. The van der Waals surface area contributed by atoms with E-state index in [1.165, 1.54) is 96.3 Å². The molecule has 0 N–H and O–H groups in total. The summed E-state index contributed by atoms with van der Waals surface area (Å²) in [6, 6.07) is 8.52. The number of hydrogen-bond acceptors (Lipinski definition) is 12. The Morgan fingerprint density at radius 3 is 1.44 bits per heavy atom. The largest absolute Gasteiger partial charge is 0.467 e. The zero-order valence-corrected chi connectivity index (χ0v) is 33.3. The molecule has 0 saturated heterocycles. The minimum Gasteiger partial charge on any atom is -0.467 e. The van der Waals surface area contributed by atoms with E-state index in [4.69, 9.17) is 24.7 Å². The number of esters is 2. The normalized spacial score (nSPS) is 11.8. The van der Waals surface area contributed by atoms with Crippen LogP contribution in [0.15, 0.2) is 46.4 Å². The monoisotopic (exact) mass is 758 g/mol. The van der Waals surface area contributed by atoms with Gasteiger partial charge in [-0.3, -0.25) is 0 Å². The Kier molecular flexibility index (Phi) is 26.1. The molecule has 2 aromatic rings. The third kappa shape index (κ3) is 21.3. The van der Waals surface area contributed by atoms with Gasteiger partial charge < -0.3 is 18.9 Å². The highest BCUT2D eigenvalue weighted by molar-refractivity contribution is 5.78. The highest BCUT2D eigenvalue weighted by Crippen LogP contribution is 2.23. The molecule has 0 aliphatic rings. The number of aryl methyl sites for hydroxylation is 2. The second-order valence-electron chi connectivity index (χ2n) is 13.6. The van der Waals surface area contributed by atoms with Crippen LogP contribution in [0.5, 0.6) is 11.5 Å². The van der Waals surface area contributed by atoms with Crippen molar-refractivity contribution in [2.24, 2.45) is 9.98 Å². The molecule has 0 amide bonds. The number of unbranched alkanes of at least 4 members (excludes halogenated alkanes) is 13. The number of ether oxygens (including phenoxy) is 4. The summed E-state index contributed by atoms with van der Waals surface area (Å²) >= 11 is 0. The Hall–Kier alpha value is -5.28. The van der Waals surface area contributed by atoms with E-state index in [-0.39, 0.29) is 18.9 Å². The first-order valence-electron chi connectivity index (χ1n) is 19.4. The van der Waals surface area contributed by atoms with Gasteiger partial charge in [0.1, 0.15) is 11.5 Å². The number of nitrogens with zero attached hydrogens (tertiary/aromatic N) is 4. The van der Waals surface area contributed by atoms with Gasteiger partial charge in [-0.05, 0) is 68.0 Å². The molecule has 12 nitrogen and oxygen atoms in total. The summed E-state index contributed by atoms with van der Waals surface area (Å²) in [7, 11) is 1.22. The number of methoxy groups -OCH3 is 1. The number of hydrogen-bond donors (Lipinski definition) is 0. The van der Waals surface area contributed by atoms with Gasteiger partial charge in [-0.1, -0.05) is 115 Å². The summed E-state index contributed by atoms with van der Waals surface area (Å²) in [5.74, 6) is -0.326. The zero-order chi connectivity index (χ0) is 40.7. The molecule has 298 valence electrons. The van der Waals surface area contributed by atoms with E-state index in [0.717, 1.165) is 36.0 Å². The molecule has 0 bridgehead atoms. The maximum absolute atomic E-state index is 12.6. The number of benzene rings is 2. The van der Waals surface area contributed by atoms with E-state index in [0.29, 0.717) is 17.1 Å². The predicted molar refractivity (Wildman–Crippen MR) is 209 cm³/mol. The van der Waals surface area contributed by atoms with Crippen LogP contribution < -0.4 is 9.47 Å². The lowest BCUT2D eigenvalue weighted by Crippen LogP contribution is -2.27. The van der Waals surface area contributed by atoms with Crippen molar-refractivity contribution in [2.45, 2.75) is 155 Å². The van der Waals surface area contributed by atoms with Gasteiger partial charge in [-0.25, -0.2) is 19.2 Å². The van der Waals surface area contributed by atoms with Crippen molar-refractivity contribution in [1.29, 1.82) is 10.5 Å². The van der Waals surface area contributed by atoms with Gasteiger partial charge in [0, 0.05) is 12.8 Å². The number of nitriles is 2. The Bertz CT molecular complexity index is 1620. The van der Waals surface area contributed by atoms with Gasteiger partial charge >= 0.3 is 11.9 Å². The number of carbonyl (C=O) groups is 2. The second-order valence-corrected chi connectivity index (χ2v) is 13.6. The maximum Gasteiger partial charge on any atom is 0.332 e. The first-order chi connectivity index (χ1) is 26.6. The van der Waals surface area contributed by atoms with Crippen LogP contribution in [0.25, 0.3) is 0 Å². The first kappa shape index (κ1) is 47.7. The van der Waals surface area contributed by atoms with Crippen LogP contribution >= 0.6 is 0 Å². The topological polar surface area (TPSA) is 178 Å². The SMILES string of the molecule is CCCCCCCCCCCCCCCCC(C)OC(=O)C(Cc1ccc(C)c(OC#N)c1)N=C=O.COC(=O)C(Cc1ccc(C)c(OC#N)c1)N=C=O. The Balaban J connectivity index is 0.000000666. The van der Waals surface area contributed by atoms with Gasteiger partial charge in [-0.15, -0.1) is 10.5 Å². The fourth-order valence-electron chi connectivity index (χ4n) is 5.90. The van der Waals surface area contributed by atoms with Crippen LogP contribution in [-0.4, -0.2) is 49.4 Å². The van der Waals surface area contributed by atoms with E-state index in [1.807, 2.05) is 19.9 Å². The Morgan fingerprint density at radius 2 is 1.05 bits per heavy atom. The molecule has 2 aromatic carbocycles. The molecule has 55 heavy (non-hydrogen) atoms. The van der Waals surface area contributed by atoms with Crippen LogP contribution in [0.2, 0.25) is 0 Å². The van der Waals surface area contributed by atoms with Crippen molar-refractivity contribution < 1.29 is 38.1 Å². The lowest BCUT2D eigenvalue weighted by Gasteiger charge is -2.17. The van der Waals surface area contributed by atoms with Crippen molar-refractivity contribution in [1.82, 2.24) is 0 Å². The highest BCUT2D eigenvalue weighted by atomic mass is 16.5. The van der Waals surface area contributed by atoms with Crippen LogP contribution in [0.1, 0.15) is 132 Å². The van der Waals surface area contributed by atoms with Crippen molar-refractivity contribution in [3.8, 4) is 24.0 Å². The Morgan fingerprint density at radius 1 is 0.655 bits per heavy atom. The summed E-state index contributed by atoms with van der Waals surface area (Å²) in [4.78, 5) is 52.2. The highest BCUT2D eigenvalue weighted by Gasteiger charge is 2.23. The molecule has 0 aliphatic heterocycles. The third-order valence-electron chi connectivity index (χ3n) is 9.12. The summed E-state index contributed by atoms with van der Waals surface area (Å²) in [5, 5.41) is 17.3. The first-order valence-corrected chi connectivity index (χ1v) is 19.4. The standard InChI is InChI=1S/C30H46N2O4.C13H12N2O4/c1-4-5-6-7-8-9-10-11-12-13-14-15-16-17-18-26(3)36-30(34)28(32-24-33)21-27-20-19-25(2)29(22-27)35-23-31;1-9-3-4-10(6-12(9)19-7-14)5-11(15-8-16)13(17)18-2/h19-20,22,26,28H,4-18,21H2,1-3H3;3-4,6,11H,5H2,1-2H3. The minimum absolute atomic E-state index is 0.171. The van der Waals surface area contributed by atoms with E-state index >= 15 is 0 Å². The molecule has 0 aliphatic carbocycles. The molecule has 2 rings (SSSR count). The van der Waals surface area contributed by atoms with Gasteiger partial charge in [0.2, 0.25) is 12.2 Å². The van der Waals surface area contributed by atoms with E-state index in [9.17, 15) is 19.2 Å². The van der Waals surface area contributed by atoms with Crippen molar-refractivity contribution in [2.75, 3.05) is 7.11 Å². The van der Waals surface area contributed by atoms with Crippen molar-refractivity contribution in [3.05, 3.63) is 58.7 Å². The molecular formula is C43H58N4O8. The zero-order valence-electron chi connectivity index (χ0n) is 33.3. The van der Waals surface area contributed by atoms with Crippen LogP contribution in [0.4, 0.5) is 0 Å². The van der Waals surface area contributed by atoms with Gasteiger partial charge in [0.15, 0.2) is 12.1 Å². The molecule has 0 aromatic heterocycles. The van der Waals surface area contributed by atoms with Crippen molar-refractivity contribution in [3.63, 3.8) is 0 Å². The molecular weight excluding hydrogens is 700 g/mol. The lowest BCUT2D eigenvalue weighted by atomic mass is 10.0. The maximum atomic E-state index is 12.6. The molecule has 0 heterocycles. The third-order valence-corrected chi connectivity index (χ3v) is 9.12. The molecule has 0 radical (unpaired) electrons. The van der Waals surface area contributed by atoms with Gasteiger partial charge in [0.25, 0.3) is 12.5 Å². The quantitative estimate of drug-likeness (QED) is 0.0295. The van der Waals surface area contributed by atoms with E-state index < -0.39 is 24.0 Å². The summed E-state index contributed by atoms with van der Waals surface area (Å²) in [6.07, 6.45) is 25.3. The lowest BCUT2D eigenvalue weighted by molar-refractivity contribution is -0.150. The van der Waals surface area contributed by atoms with Gasteiger partial charge in [0.05, 0.1) is 13.2 Å². The van der Waals surface area contributed by atoms with Crippen LogP contribution in [0, 0.1) is 36.9 Å². The fourth-order valence-corrected chi connectivity index (χ4v) is 5.90. The Labute approximate surface area is 326 Å². The average Bonchev–Trinajstić information content (AvgIpc) is 3.17. The van der Waals surface area contributed by atoms with Crippen LogP contribution in [-0.2, 0) is 41.5 Å². The van der Waals surface area contributed by atoms with Crippen molar-refractivity contribution >= 4 is 24.1 Å². The van der Waals surface area contributed by atoms with Crippen LogP contribution in [0.3, 0.4) is 0 Å². The minimum atomic E-state index is -0.959. The molecule has 0 saturated carbocycles. The van der Waals surface area contributed by atoms with Gasteiger partial charge in [-0.2, -0.15) is 9.98 Å². The number of isocyanates is 2. The molecule has 3 atom stereocenters. The van der Waals surface area contributed by atoms with E-state index in [1.54, 1.807) is 49.8 Å². The number of aliphatic imine (C=N–C) groups is 2. The summed E-state index contributed by atoms with van der Waals surface area (Å²) < 4.78 is 19.8. The summed E-state index contributed by atoms with van der Waals surface area (Å²) in [6.45, 7) is 7.76. The number of carbonyl (C=O) groups excluding carboxylic acids is 4. The molecule has 12 heteroatoms. The smallest absolute Gasteiger partial charge is 0.332 e. The molecule has 3 unspecified atom stereocenters. The fraction of sp³-hybridized carbons (Fsp3) is 0.581. The number of rotatable bonds is 26. The van der Waals surface area contributed by atoms with E-state index in [2.05, 4.69) is 21.6 Å². The summed E-state index contributed by atoms with van der Waals surface area (Å²) in [5.41, 5.74) is 3.02. The molecule has 0 fully saturated rings. The molecule has 0 spiro atoms.